The first-order valence-corrected chi connectivity index (χ1v) is 10.6. The number of hydrogen-bond donors (Lipinski definition) is 0. The van der Waals surface area contributed by atoms with Gasteiger partial charge >= 0.3 is 0 Å². The molecule has 0 fully saturated rings. The zero-order chi connectivity index (χ0) is 22.2. The topological polar surface area (TPSA) is 59.8 Å². The van der Waals surface area contributed by atoms with Crippen LogP contribution in [0.4, 0.5) is 0 Å². The number of amides is 1. The molecule has 2 heterocycles. The van der Waals surface area contributed by atoms with E-state index in [0.717, 1.165) is 22.4 Å². The van der Waals surface area contributed by atoms with Crippen LogP contribution in [0.2, 0.25) is 0 Å². The van der Waals surface area contributed by atoms with Crippen molar-refractivity contribution in [2.75, 3.05) is 13.7 Å². The van der Waals surface area contributed by atoms with E-state index in [4.69, 9.17) is 9.15 Å². The van der Waals surface area contributed by atoms with E-state index in [0.29, 0.717) is 29.5 Å². The molecule has 0 radical (unpaired) electrons. The summed E-state index contributed by atoms with van der Waals surface area (Å²) in [6.07, 6.45) is 0.653. The van der Waals surface area contributed by atoms with Crippen LogP contribution >= 0.6 is 0 Å². The third kappa shape index (κ3) is 3.36. The van der Waals surface area contributed by atoms with Crippen molar-refractivity contribution in [2.45, 2.75) is 19.4 Å². The predicted octanol–water partition coefficient (Wildman–Crippen LogP) is 4.90. The molecule has 1 aliphatic rings. The van der Waals surface area contributed by atoms with Gasteiger partial charge in [-0.2, -0.15) is 0 Å². The largest absolute Gasteiger partial charge is 0.497 e. The number of aryl methyl sites for hydroxylation is 1. The molecule has 160 valence electrons. The highest BCUT2D eigenvalue weighted by Crippen LogP contribution is 2.38. The van der Waals surface area contributed by atoms with Crippen LogP contribution in [0.5, 0.6) is 5.75 Å². The van der Waals surface area contributed by atoms with E-state index in [1.54, 1.807) is 18.1 Å². The summed E-state index contributed by atoms with van der Waals surface area (Å²) < 4.78 is 11.2. The van der Waals surface area contributed by atoms with Crippen LogP contribution in [0.3, 0.4) is 0 Å². The number of carbonyl (C=O) groups is 1. The minimum absolute atomic E-state index is 0.140. The third-order valence-corrected chi connectivity index (χ3v) is 6.04. The number of carbonyl (C=O) groups excluding carboxylic acids is 1. The van der Waals surface area contributed by atoms with E-state index in [9.17, 15) is 9.59 Å². The van der Waals surface area contributed by atoms with Crippen molar-refractivity contribution in [2.24, 2.45) is 0 Å². The second-order valence-corrected chi connectivity index (χ2v) is 8.08. The Morgan fingerprint density at radius 2 is 1.72 bits per heavy atom. The summed E-state index contributed by atoms with van der Waals surface area (Å²) in [4.78, 5) is 28.7. The van der Waals surface area contributed by atoms with Gasteiger partial charge in [-0.05, 0) is 48.7 Å². The highest BCUT2D eigenvalue weighted by Gasteiger charge is 2.42. The van der Waals surface area contributed by atoms with Gasteiger partial charge < -0.3 is 14.1 Å². The van der Waals surface area contributed by atoms with Gasteiger partial charge in [-0.1, -0.05) is 54.1 Å². The number of rotatable bonds is 5. The number of fused-ring (bicyclic) bond motifs is 2. The molecular formula is C27H23NO4. The first kappa shape index (κ1) is 20.1. The smallest absolute Gasteiger partial charge is 0.290 e. The Labute approximate surface area is 185 Å². The molecule has 5 rings (SSSR count). The van der Waals surface area contributed by atoms with Crippen molar-refractivity contribution >= 4 is 16.9 Å². The SMILES string of the molecule is COc1ccc(CCN2C(=O)c3oc4ccc(C)cc4c(=O)c3[C@H]2c2ccccc2)cc1. The fourth-order valence-electron chi connectivity index (χ4n) is 4.39. The molecule has 5 heteroatoms. The van der Waals surface area contributed by atoms with E-state index in [1.807, 2.05) is 73.7 Å². The second kappa shape index (κ2) is 8.00. The predicted molar refractivity (Wildman–Crippen MR) is 123 cm³/mol. The monoisotopic (exact) mass is 425 g/mol. The van der Waals surface area contributed by atoms with Gasteiger partial charge in [0.2, 0.25) is 5.76 Å². The molecule has 1 aromatic heterocycles. The number of hydrogen-bond acceptors (Lipinski definition) is 4. The molecule has 0 saturated carbocycles. The van der Waals surface area contributed by atoms with E-state index in [-0.39, 0.29) is 17.1 Å². The Bertz CT molecular complexity index is 1360. The second-order valence-electron chi connectivity index (χ2n) is 8.08. The average molecular weight is 425 g/mol. The summed E-state index contributed by atoms with van der Waals surface area (Å²) in [5.41, 5.74) is 3.68. The van der Waals surface area contributed by atoms with Gasteiger partial charge in [-0.3, -0.25) is 9.59 Å². The maximum atomic E-state index is 13.5. The first-order chi connectivity index (χ1) is 15.6. The molecule has 4 aromatic rings. The summed E-state index contributed by atoms with van der Waals surface area (Å²) >= 11 is 0. The minimum atomic E-state index is -0.474. The highest BCUT2D eigenvalue weighted by molar-refractivity contribution is 5.99. The van der Waals surface area contributed by atoms with Gasteiger partial charge in [0.25, 0.3) is 5.91 Å². The van der Waals surface area contributed by atoms with Gasteiger partial charge in [-0.15, -0.1) is 0 Å². The van der Waals surface area contributed by atoms with Crippen molar-refractivity contribution in [3.05, 3.63) is 111 Å². The van der Waals surface area contributed by atoms with Crippen LogP contribution in [0.15, 0.2) is 82.0 Å². The molecule has 0 aliphatic carbocycles. The summed E-state index contributed by atoms with van der Waals surface area (Å²) in [5.74, 6) is 0.689. The normalized spacial score (nSPS) is 15.2. The molecule has 0 N–H and O–H groups in total. The molecule has 0 spiro atoms. The van der Waals surface area contributed by atoms with E-state index >= 15 is 0 Å². The number of benzene rings is 3. The zero-order valence-corrected chi connectivity index (χ0v) is 18.0. The third-order valence-electron chi connectivity index (χ3n) is 6.04. The first-order valence-electron chi connectivity index (χ1n) is 10.6. The molecule has 32 heavy (non-hydrogen) atoms. The Kier molecular flexibility index (Phi) is 5.02. The molecule has 3 aromatic carbocycles. The summed E-state index contributed by atoms with van der Waals surface area (Å²) in [6, 6.07) is 22.5. The van der Waals surface area contributed by atoms with Crippen molar-refractivity contribution in [3.8, 4) is 5.75 Å². The van der Waals surface area contributed by atoms with E-state index in [1.165, 1.54) is 0 Å². The standard InChI is InChI=1S/C27H23NO4/c1-17-8-13-22-21(16-17)25(29)23-24(19-6-4-3-5-7-19)28(27(30)26(23)32-22)15-14-18-9-11-20(31-2)12-10-18/h3-13,16,24H,14-15H2,1-2H3/t24-/m1/s1. The lowest BCUT2D eigenvalue weighted by molar-refractivity contribution is 0.0730. The van der Waals surface area contributed by atoms with E-state index in [2.05, 4.69) is 0 Å². The van der Waals surface area contributed by atoms with Crippen molar-refractivity contribution in [1.82, 2.24) is 4.90 Å². The van der Waals surface area contributed by atoms with Crippen LogP contribution in [0.1, 0.15) is 38.9 Å². The molecule has 1 atom stereocenters. The maximum absolute atomic E-state index is 13.5. The summed E-state index contributed by atoms with van der Waals surface area (Å²) in [7, 11) is 1.63. The minimum Gasteiger partial charge on any atom is -0.497 e. The van der Waals surface area contributed by atoms with Crippen LogP contribution < -0.4 is 10.2 Å². The molecule has 5 nitrogen and oxygen atoms in total. The van der Waals surface area contributed by atoms with Crippen molar-refractivity contribution < 1.29 is 13.9 Å². The van der Waals surface area contributed by atoms with E-state index < -0.39 is 6.04 Å². The van der Waals surface area contributed by atoms with Crippen LogP contribution in [0.25, 0.3) is 11.0 Å². The van der Waals surface area contributed by atoms with Gasteiger partial charge in [0, 0.05) is 6.54 Å². The molecule has 1 amide bonds. The Morgan fingerprint density at radius 1 is 0.969 bits per heavy atom. The van der Waals surface area contributed by atoms with Gasteiger partial charge in [0.15, 0.2) is 5.43 Å². The van der Waals surface area contributed by atoms with Crippen LogP contribution in [-0.4, -0.2) is 24.5 Å². The Morgan fingerprint density at radius 3 is 2.44 bits per heavy atom. The number of ether oxygens (including phenoxy) is 1. The maximum Gasteiger partial charge on any atom is 0.290 e. The molecule has 0 bridgehead atoms. The lowest BCUT2D eigenvalue weighted by Gasteiger charge is -2.25. The molecule has 1 aliphatic heterocycles. The quantitative estimate of drug-likeness (QED) is 0.456. The van der Waals surface area contributed by atoms with Crippen molar-refractivity contribution in [1.29, 1.82) is 0 Å². The molecular weight excluding hydrogens is 402 g/mol. The van der Waals surface area contributed by atoms with Crippen LogP contribution in [0, 0.1) is 6.92 Å². The van der Waals surface area contributed by atoms with Crippen molar-refractivity contribution in [3.63, 3.8) is 0 Å². The zero-order valence-electron chi connectivity index (χ0n) is 18.0. The number of methoxy groups -OCH3 is 1. The Hall–Kier alpha value is -3.86. The summed E-state index contributed by atoms with van der Waals surface area (Å²) in [5, 5.41) is 0.509. The summed E-state index contributed by atoms with van der Waals surface area (Å²) in [6.45, 7) is 2.40. The average Bonchev–Trinajstić information content (AvgIpc) is 3.11. The lowest BCUT2D eigenvalue weighted by atomic mass is 9.98. The van der Waals surface area contributed by atoms with Gasteiger partial charge in [0.05, 0.1) is 24.1 Å². The lowest BCUT2D eigenvalue weighted by Crippen LogP contribution is -2.31. The van der Waals surface area contributed by atoms with Crippen LogP contribution in [-0.2, 0) is 6.42 Å². The fraction of sp³-hybridized carbons (Fsp3) is 0.185. The van der Waals surface area contributed by atoms with Gasteiger partial charge in [0.1, 0.15) is 11.3 Å². The fourth-order valence-corrected chi connectivity index (χ4v) is 4.39. The number of nitrogens with zero attached hydrogens (tertiary/aromatic N) is 1. The molecule has 0 unspecified atom stereocenters. The van der Waals surface area contributed by atoms with Gasteiger partial charge in [-0.25, -0.2) is 0 Å². The molecule has 0 saturated heterocycles. The highest BCUT2D eigenvalue weighted by atomic mass is 16.5. The Balaban J connectivity index is 1.59.